The molecule has 0 saturated carbocycles. The molecule has 4 N–H and O–H groups in total. The van der Waals surface area contributed by atoms with Crippen LogP contribution in [0.1, 0.15) is 61.8 Å². The van der Waals surface area contributed by atoms with Crippen molar-refractivity contribution in [2.24, 2.45) is 5.41 Å². The first-order valence-electron chi connectivity index (χ1n) is 14.1. The number of benzene rings is 1. The highest BCUT2D eigenvalue weighted by molar-refractivity contribution is 5.99. The number of hydrogen-bond donors (Lipinski definition) is 4. The molecule has 13 nitrogen and oxygen atoms in total. The highest BCUT2D eigenvalue weighted by atomic mass is 16.3. The standard InChI is InChI=1S/C31H37N7O6/c1-31(2,3)26(40)19-10-8-12-20-25(19)36-23(33-20)18-38-16-9-13-22(30(38)43)35-27(41)21(11-6-7-14-24(39)37(4)5)34-28(42)29-32-15-17-44-29/h7-10,12-17,21,26,40H,6,11,18H2,1-5H3,(H,33,36)(H,34,42)(H,35,41)/b14-7+/t21-,26?/m0/s1. The van der Waals surface area contributed by atoms with Crippen molar-refractivity contribution in [3.63, 3.8) is 0 Å². The molecule has 3 amide bonds. The third-order valence-corrected chi connectivity index (χ3v) is 6.88. The van der Waals surface area contributed by atoms with Gasteiger partial charge in [-0.15, -0.1) is 0 Å². The maximum Gasteiger partial charge on any atom is 0.307 e. The first-order valence-corrected chi connectivity index (χ1v) is 14.1. The van der Waals surface area contributed by atoms with Crippen LogP contribution in [0.2, 0.25) is 0 Å². The van der Waals surface area contributed by atoms with Gasteiger partial charge in [0.2, 0.25) is 11.8 Å². The zero-order valence-corrected chi connectivity index (χ0v) is 25.3. The fourth-order valence-electron chi connectivity index (χ4n) is 4.43. The molecule has 0 aliphatic carbocycles. The lowest BCUT2D eigenvalue weighted by molar-refractivity contribution is -0.123. The average molecular weight is 604 g/mol. The van der Waals surface area contributed by atoms with Gasteiger partial charge in [-0.3, -0.25) is 19.2 Å². The maximum atomic E-state index is 13.4. The number of aliphatic hydroxyl groups is 1. The predicted octanol–water partition coefficient (Wildman–Crippen LogP) is 3.00. The van der Waals surface area contributed by atoms with Crippen LogP contribution in [0, 0.1) is 5.41 Å². The molecule has 232 valence electrons. The lowest BCUT2D eigenvalue weighted by Gasteiger charge is -2.26. The molecule has 3 aromatic heterocycles. The number of anilines is 1. The molecule has 0 spiro atoms. The number of nitrogens with one attached hydrogen (secondary N) is 3. The molecular weight excluding hydrogens is 566 g/mol. The Hall–Kier alpha value is -5.04. The van der Waals surface area contributed by atoms with Gasteiger partial charge in [0.15, 0.2) is 0 Å². The SMILES string of the molecule is CN(C)C(=O)/C=C/CC[C@H](NC(=O)c1ncco1)C(=O)Nc1cccn(Cc2nc3c(C(O)C(C)(C)C)cccc3[nH]2)c1=O. The van der Waals surface area contributed by atoms with Crippen molar-refractivity contribution >= 4 is 34.4 Å². The van der Waals surface area contributed by atoms with Gasteiger partial charge in [0, 0.05) is 25.9 Å². The zero-order valence-electron chi connectivity index (χ0n) is 25.3. The summed E-state index contributed by atoms with van der Waals surface area (Å²) in [5, 5.41) is 16.1. The number of likely N-dealkylation sites (N-methyl/N-ethyl adjacent to an activating group) is 1. The van der Waals surface area contributed by atoms with Gasteiger partial charge < -0.3 is 34.6 Å². The number of aliphatic hydroxyl groups excluding tert-OH is 1. The van der Waals surface area contributed by atoms with Gasteiger partial charge in [-0.25, -0.2) is 9.97 Å². The molecule has 0 aliphatic rings. The second-order valence-corrected chi connectivity index (χ2v) is 11.6. The number of nitrogens with zero attached hydrogens (tertiary/aromatic N) is 4. The van der Waals surface area contributed by atoms with E-state index in [9.17, 15) is 24.3 Å². The molecule has 0 saturated heterocycles. The van der Waals surface area contributed by atoms with E-state index in [0.29, 0.717) is 23.3 Å². The van der Waals surface area contributed by atoms with E-state index in [-0.39, 0.29) is 30.5 Å². The van der Waals surface area contributed by atoms with E-state index in [4.69, 9.17) is 4.42 Å². The number of H-pyrrole nitrogens is 1. The first kappa shape index (κ1) is 31.9. The molecule has 1 unspecified atom stereocenters. The lowest BCUT2D eigenvalue weighted by atomic mass is 9.84. The number of aromatic amines is 1. The number of aromatic nitrogens is 4. The molecule has 2 atom stereocenters. The van der Waals surface area contributed by atoms with E-state index in [1.165, 1.54) is 34.1 Å². The highest BCUT2D eigenvalue weighted by Crippen LogP contribution is 2.35. The van der Waals surface area contributed by atoms with E-state index in [1.54, 1.807) is 32.4 Å². The number of para-hydroxylation sites is 1. The van der Waals surface area contributed by atoms with Crippen LogP contribution in [0.25, 0.3) is 11.0 Å². The van der Waals surface area contributed by atoms with Gasteiger partial charge >= 0.3 is 5.91 Å². The molecule has 0 aliphatic heterocycles. The summed E-state index contributed by atoms with van der Waals surface area (Å²) in [6.45, 7) is 5.90. The van der Waals surface area contributed by atoms with E-state index >= 15 is 0 Å². The minimum atomic E-state index is -1.07. The van der Waals surface area contributed by atoms with Gasteiger partial charge in [0.25, 0.3) is 11.4 Å². The van der Waals surface area contributed by atoms with Gasteiger partial charge in [0.05, 0.1) is 29.9 Å². The molecule has 0 radical (unpaired) electrons. The van der Waals surface area contributed by atoms with Gasteiger partial charge in [-0.05, 0) is 42.5 Å². The number of amides is 3. The molecule has 13 heteroatoms. The predicted molar refractivity (Wildman–Crippen MR) is 164 cm³/mol. The number of rotatable bonds is 11. The summed E-state index contributed by atoms with van der Waals surface area (Å²) in [5.74, 6) is -1.27. The zero-order chi connectivity index (χ0) is 32.0. The Morgan fingerprint density at radius 2 is 1.95 bits per heavy atom. The van der Waals surface area contributed by atoms with Crippen LogP contribution in [0.4, 0.5) is 5.69 Å². The number of pyridine rings is 1. The van der Waals surface area contributed by atoms with Gasteiger partial charge in [-0.2, -0.15) is 0 Å². The quantitative estimate of drug-likeness (QED) is 0.189. The van der Waals surface area contributed by atoms with Crippen LogP contribution in [0.5, 0.6) is 0 Å². The summed E-state index contributed by atoms with van der Waals surface area (Å²) in [4.78, 5) is 64.2. The first-order chi connectivity index (χ1) is 20.8. The third kappa shape index (κ3) is 7.67. The number of allylic oxidation sites excluding steroid dienone is 1. The van der Waals surface area contributed by atoms with E-state index in [2.05, 4.69) is 25.6 Å². The van der Waals surface area contributed by atoms with Crippen molar-refractivity contribution in [2.75, 3.05) is 19.4 Å². The van der Waals surface area contributed by atoms with Crippen LogP contribution in [-0.4, -0.2) is 67.4 Å². The highest BCUT2D eigenvalue weighted by Gasteiger charge is 2.27. The van der Waals surface area contributed by atoms with Crippen LogP contribution in [0.15, 0.2) is 70.4 Å². The molecule has 4 aromatic rings. The fourth-order valence-corrected chi connectivity index (χ4v) is 4.43. The minimum absolute atomic E-state index is 0.00570. The third-order valence-electron chi connectivity index (χ3n) is 6.88. The maximum absolute atomic E-state index is 13.4. The number of fused-ring (bicyclic) bond motifs is 1. The number of oxazole rings is 1. The summed E-state index contributed by atoms with van der Waals surface area (Å²) in [7, 11) is 3.24. The van der Waals surface area contributed by atoms with E-state index < -0.39 is 34.9 Å². The normalized spacial score (nSPS) is 13.1. The van der Waals surface area contributed by atoms with Crippen molar-refractivity contribution in [3.05, 3.63) is 88.8 Å². The second kappa shape index (κ2) is 13.5. The smallest absolute Gasteiger partial charge is 0.307 e. The summed E-state index contributed by atoms with van der Waals surface area (Å²) in [5.41, 5.74) is 1.15. The Balaban J connectivity index is 1.52. The van der Waals surface area contributed by atoms with E-state index in [0.717, 1.165) is 5.52 Å². The van der Waals surface area contributed by atoms with Crippen molar-refractivity contribution < 1.29 is 23.9 Å². The Labute approximate surface area is 254 Å². The average Bonchev–Trinajstić information content (AvgIpc) is 3.65. The van der Waals surface area contributed by atoms with Crippen LogP contribution in [0.3, 0.4) is 0 Å². The molecular formula is C31H37N7O6. The molecule has 3 heterocycles. The summed E-state index contributed by atoms with van der Waals surface area (Å²) in [6, 6.07) is 7.54. The van der Waals surface area contributed by atoms with Crippen LogP contribution in [-0.2, 0) is 16.1 Å². The molecule has 0 fully saturated rings. The van der Waals surface area contributed by atoms with Crippen molar-refractivity contribution in [1.82, 2.24) is 29.7 Å². The van der Waals surface area contributed by atoms with Gasteiger partial charge in [-0.1, -0.05) is 39.0 Å². The topological polar surface area (TPSA) is 175 Å². The number of hydrogen-bond acceptors (Lipinski definition) is 8. The largest absolute Gasteiger partial charge is 0.441 e. The summed E-state index contributed by atoms with van der Waals surface area (Å²) in [6.07, 6.45) is 6.79. The van der Waals surface area contributed by atoms with Crippen molar-refractivity contribution in [3.8, 4) is 0 Å². The molecule has 1 aromatic carbocycles. The van der Waals surface area contributed by atoms with Gasteiger partial charge in [0.1, 0.15) is 23.8 Å². The van der Waals surface area contributed by atoms with Crippen molar-refractivity contribution in [2.45, 2.75) is 52.3 Å². The number of carbonyl (C=O) groups is 3. The number of imidazole rings is 1. The van der Waals surface area contributed by atoms with Crippen LogP contribution >= 0.6 is 0 Å². The van der Waals surface area contributed by atoms with E-state index in [1.807, 2.05) is 39.0 Å². The molecule has 4 rings (SSSR count). The number of carbonyl (C=O) groups excluding carboxylic acids is 3. The molecule has 0 bridgehead atoms. The Morgan fingerprint density at radius 1 is 1.18 bits per heavy atom. The Kier molecular flexibility index (Phi) is 9.79. The monoisotopic (exact) mass is 603 g/mol. The Bertz CT molecular complexity index is 1710. The molecule has 44 heavy (non-hydrogen) atoms. The fraction of sp³-hybridized carbons (Fsp3) is 0.355. The van der Waals surface area contributed by atoms with Crippen molar-refractivity contribution in [1.29, 1.82) is 0 Å². The van der Waals surface area contributed by atoms with Crippen LogP contribution < -0.4 is 16.2 Å². The minimum Gasteiger partial charge on any atom is -0.441 e. The summed E-state index contributed by atoms with van der Waals surface area (Å²) >= 11 is 0. The lowest BCUT2D eigenvalue weighted by Crippen LogP contribution is -2.44. The Morgan fingerprint density at radius 3 is 2.64 bits per heavy atom. The second-order valence-electron chi connectivity index (χ2n) is 11.6. The summed E-state index contributed by atoms with van der Waals surface area (Å²) < 4.78 is 6.42.